The zero-order valence-corrected chi connectivity index (χ0v) is 21.0. The van der Waals surface area contributed by atoms with E-state index in [1.165, 1.54) is 17.0 Å². The van der Waals surface area contributed by atoms with Crippen molar-refractivity contribution >= 4 is 23.0 Å². The fourth-order valence-electron chi connectivity index (χ4n) is 4.95. The highest BCUT2D eigenvalue weighted by atomic mass is 32.1. The fraction of sp³-hybridized carbons (Fsp3) is 0.286. The highest BCUT2D eigenvalue weighted by molar-refractivity contribution is 7.80. The molecule has 0 aliphatic carbocycles. The number of hydrogen-bond acceptors (Lipinski definition) is 4. The smallest absolute Gasteiger partial charge is 0.170 e. The Morgan fingerprint density at radius 3 is 2.63 bits per heavy atom. The molecule has 5 rings (SSSR count). The van der Waals surface area contributed by atoms with Gasteiger partial charge in [-0.2, -0.15) is 0 Å². The van der Waals surface area contributed by atoms with Gasteiger partial charge in [-0.05, 0) is 80.5 Å². The molecule has 0 bridgehead atoms. The third kappa shape index (κ3) is 4.95. The van der Waals surface area contributed by atoms with Crippen molar-refractivity contribution in [3.8, 4) is 0 Å². The maximum atomic E-state index is 5.86. The Kier molecular flexibility index (Phi) is 6.86. The van der Waals surface area contributed by atoms with Crippen molar-refractivity contribution in [1.82, 2.24) is 19.8 Å². The number of furan rings is 1. The van der Waals surface area contributed by atoms with E-state index >= 15 is 0 Å². The highest BCUT2D eigenvalue weighted by Crippen LogP contribution is 2.41. The van der Waals surface area contributed by atoms with E-state index in [1.807, 2.05) is 48.7 Å². The molecule has 1 fully saturated rings. The van der Waals surface area contributed by atoms with E-state index in [0.717, 1.165) is 41.8 Å². The number of pyridine rings is 1. The predicted molar refractivity (Wildman–Crippen MR) is 143 cm³/mol. The SMILES string of the molecule is Cc1cc([C@H]2[C@@H](c3ccccn3)NC(=S)N2CCCNc2ccccc2)c(C)n1Cc1ccco1. The Labute approximate surface area is 212 Å². The molecule has 0 radical (unpaired) electrons. The van der Waals surface area contributed by atoms with Gasteiger partial charge >= 0.3 is 0 Å². The van der Waals surface area contributed by atoms with E-state index in [9.17, 15) is 0 Å². The van der Waals surface area contributed by atoms with Gasteiger partial charge in [-0.1, -0.05) is 24.3 Å². The molecule has 4 aromatic rings. The van der Waals surface area contributed by atoms with Crippen LogP contribution in [0.1, 0.15) is 46.9 Å². The molecule has 2 atom stereocenters. The summed E-state index contributed by atoms with van der Waals surface area (Å²) in [5, 5.41) is 7.87. The zero-order chi connectivity index (χ0) is 24.2. The maximum Gasteiger partial charge on any atom is 0.170 e. The second kappa shape index (κ2) is 10.4. The quantitative estimate of drug-likeness (QED) is 0.237. The van der Waals surface area contributed by atoms with Crippen molar-refractivity contribution in [2.45, 2.75) is 38.9 Å². The van der Waals surface area contributed by atoms with Crippen LogP contribution in [0, 0.1) is 13.8 Å². The lowest BCUT2D eigenvalue weighted by Gasteiger charge is -2.28. The van der Waals surface area contributed by atoms with Crippen molar-refractivity contribution in [3.63, 3.8) is 0 Å². The first-order chi connectivity index (χ1) is 17.1. The summed E-state index contributed by atoms with van der Waals surface area (Å²) in [5.41, 5.74) is 5.84. The summed E-state index contributed by atoms with van der Waals surface area (Å²) in [6.07, 6.45) is 4.54. The number of benzene rings is 1. The number of hydrogen-bond donors (Lipinski definition) is 2. The van der Waals surface area contributed by atoms with Gasteiger partial charge in [-0.3, -0.25) is 4.98 Å². The minimum absolute atomic E-state index is 0.0108. The van der Waals surface area contributed by atoms with E-state index in [1.54, 1.807) is 6.26 Å². The molecule has 4 heterocycles. The molecule has 1 aliphatic rings. The standard InChI is InChI=1S/C28H31N5OS/c1-20-18-24(21(2)33(20)19-23-12-8-17-34-23)27-26(25-13-6-7-14-30-25)31-28(35)32(27)16-9-15-29-22-10-4-3-5-11-22/h3-8,10-14,17-18,26-27,29H,9,15-16,19H2,1-2H3,(H,31,35)/t26-,27+/m1/s1. The number of para-hydroxylation sites is 1. The van der Waals surface area contributed by atoms with Gasteiger partial charge in [-0.15, -0.1) is 0 Å². The predicted octanol–water partition coefficient (Wildman–Crippen LogP) is 5.62. The summed E-state index contributed by atoms with van der Waals surface area (Å²) in [5.74, 6) is 0.948. The summed E-state index contributed by atoms with van der Waals surface area (Å²) >= 11 is 5.86. The normalized spacial score (nSPS) is 17.5. The maximum absolute atomic E-state index is 5.86. The van der Waals surface area contributed by atoms with Crippen molar-refractivity contribution in [2.24, 2.45) is 0 Å². The molecule has 7 heteroatoms. The summed E-state index contributed by atoms with van der Waals surface area (Å²) in [7, 11) is 0. The molecule has 0 amide bonds. The number of thiocarbonyl (C=S) groups is 1. The van der Waals surface area contributed by atoms with Gasteiger partial charge in [0.05, 0.1) is 30.6 Å². The lowest BCUT2D eigenvalue weighted by atomic mass is 9.96. The van der Waals surface area contributed by atoms with Crippen LogP contribution in [0.3, 0.4) is 0 Å². The monoisotopic (exact) mass is 485 g/mol. The lowest BCUT2D eigenvalue weighted by Crippen LogP contribution is -2.31. The number of anilines is 1. The van der Waals surface area contributed by atoms with Crippen LogP contribution in [0.15, 0.2) is 83.6 Å². The number of aryl methyl sites for hydroxylation is 1. The van der Waals surface area contributed by atoms with E-state index in [0.29, 0.717) is 6.54 Å². The summed E-state index contributed by atoms with van der Waals surface area (Å²) in [4.78, 5) is 7.01. The minimum atomic E-state index is -0.0108. The van der Waals surface area contributed by atoms with Crippen LogP contribution in [-0.2, 0) is 6.54 Å². The molecule has 180 valence electrons. The van der Waals surface area contributed by atoms with Gasteiger partial charge in [0.25, 0.3) is 0 Å². The molecular weight excluding hydrogens is 454 g/mol. The second-order valence-electron chi connectivity index (χ2n) is 8.96. The Morgan fingerprint density at radius 2 is 1.89 bits per heavy atom. The first-order valence-corrected chi connectivity index (χ1v) is 12.5. The Hall–Kier alpha value is -3.58. The first kappa shape index (κ1) is 23.2. The van der Waals surface area contributed by atoms with Crippen LogP contribution >= 0.6 is 12.2 Å². The van der Waals surface area contributed by atoms with Gasteiger partial charge in [0.1, 0.15) is 5.76 Å². The average molecular weight is 486 g/mol. The van der Waals surface area contributed by atoms with Gasteiger partial charge < -0.3 is 24.5 Å². The molecule has 35 heavy (non-hydrogen) atoms. The number of nitrogens with zero attached hydrogens (tertiary/aromatic N) is 3. The van der Waals surface area contributed by atoms with Gasteiger partial charge in [-0.25, -0.2) is 0 Å². The van der Waals surface area contributed by atoms with Crippen molar-refractivity contribution < 1.29 is 4.42 Å². The van der Waals surface area contributed by atoms with E-state index in [-0.39, 0.29) is 12.1 Å². The molecular formula is C28H31N5OS. The lowest BCUT2D eigenvalue weighted by molar-refractivity contribution is 0.315. The molecule has 1 aromatic carbocycles. The third-order valence-electron chi connectivity index (χ3n) is 6.70. The molecule has 0 unspecified atom stereocenters. The van der Waals surface area contributed by atoms with Crippen molar-refractivity contribution in [1.29, 1.82) is 0 Å². The Bertz CT molecular complexity index is 1250. The molecule has 1 saturated heterocycles. The molecule has 0 saturated carbocycles. The second-order valence-corrected chi connectivity index (χ2v) is 9.35. The van der Waals surface area contributed by atoms with Crippen molar-refractivity contribution in [2.75, 3.05) is 18.4 Å². The van der Waals surface area contributed by atoms with Gasteiger partial charge in [0.15, 0.2) is 5.11 Å². The molecule has 6 nitrogen and oxygen atoms in total. The minimum Gasteiger partial charge on any atom is -0.467 e. The van der Waals surface area contributed by atoms with Crippen molar-refractivity contribution in [3.05, 3.63) is 108 Å². The number of aromatic nitrogens is 2. The number of nitrogens with one attached hydrogen (secondary N) is 2. The summed E-state index contributed by atoms with van der Waals surface area (Å²) in [6.45, 7) is 6.79. The first-order valence-electron chi connectivity index (χ1n) is 12.1. The molecule has 3 aromatic heterocycles. The average Bonchev–Trinajstić information content (AvgIpc) is 3.58. The zero-order valence-electron chi connectivity index (χ0n) is 20.1. The van der Waals surface area contributed by atoms with E-state index in [4.69, 9.17) is 16.6 Å². The number of rotatable bonds is 9. The van der Waals surface area contributed by atoms with Crippen LogP contribution in [0.4, 0.5) is 5.69 Å². The topological polar surface area (TPSA) is 58.3 Å². The Morgan fingerprint density at radius 1 is 1.06 bits per heavy atom. The van der Waals surface area contributed by atoms with Crippen LogP contribution in [0.5, 0.6) is 0 Å². The van der Waals surface area contributed by atoms with Gasteiger partial charge in [0.2, 0.25) is 0 Å². The molecule has 2 N–H and O–H groups in total. The van der Waals surface area contributed by atoms with E-state index < -0.39 is 0 Å². The molecule has 1 aliphatic heterocycles. The third-order valence-corrected chi connectivity index (χ3v) is 7.05. The largest absolute Gasteiger partial charge is 0.467 e. The molecule has 0 spiro atoms. The summed E-state index contributed by atoms with van der Waals surface area (Å²) < 4.78 is 7.95. The Balaban J connectivity index is 1.41. The highest BCUT2D eigenvalue weighted by Gasteiger charge is 2.41. The van der Waals surface area contributed by atoms with E-state index in [2.05, 4.69) is 63.2 Å². The van der Waals surface area contributed by atoms with Crippen LogP contribution in [0.2, 0.25) is 0 Å². The van der Waals surface area contributed by atoms with Gasteiger partial charge in [0, 0.05) is 36.4 Å². The van der Waals surface area contributed by atoms with Crippen LogP contribution < -0.4 is 10.6 Å². The summed E-state index contributed by atoms with van der Waals surface area (Å²) in [6, 6.07) is 22.7. The van der Waals surface area contributed by atoms with Crippen LogP contribution in [0.25, 0.3) is 0 Å². The van der Waals surface area contributed by atoms with Crippen LogP contribution in [-0.4, -0.2) is 32.7 Å². The fourth-order valence-corrected chi connectivity index (χ4v) is 5.28.